The van der Waals surface area contributed by atoms with Gasteiger partial charge in [-0.25, -0.2) is 4.79 Å². The molecule has 0 spiro atoms. The zero-order valence-corrected chi connectivity index (χ0v) is 15.7. The first-order valence-corrected chi connectivity index (χ1v) is 9.37. The van der Waals surface area contributed by atoms with Crippen LogP contribution in [0.2, 0.25) is 0 Å². The molecule has 6 heteroatoms. The van der Waals surface area contributed by atoms with E-state index in [2.05, 4.69) is 6.92 Å². The van der Waals surface area contributed by atoms with Crippen LogP contribution in [0.1, 0.15) is 59.8 Å². The molecule has 5 atom stereocenters. The molecule has 0 aromatic carbocycles. The summed E-state index contributed by atoms with van der Waals surface area (Å²) in [4.78, 5) is 24.3. The molecular weight excluding hydrogens is 324 g/mol. The highest BCUT2D eigenvalue weighted by Gasteiger charge is 2.55. The predicted molar refractivity (Wildman–Crippen MR) is 89.9 cm³/mol. The Bertz CT molecular complexity index is 520. The maximum absolute atomic E-state index is 12.2. The number of epoxide rings is 1. The normalized spacial score (nSPS) is 37.5. The number of hydrogen-bond donors (Lipinski definition) is 0. The largest absolute Gasteiger partial charge is 0.463 e. The van der Waals surface area contributed by atoms with Gasteiger partial charge in [0.25, 0.3) is 0 Å². The minimum atomic E-state index is -0.881. The Morgan fingerprint density at radius 1 is 1.20 bits per heavy atom. The maximum Gasteiger partial charge on any atom is 0.347 e. The van der Waals surface area contributed by atoms with Crippen LogP contribution >= 0.6 is 0 Å². The number of ether oxygens (including phenoxy) is 4. The number of esters is 2. The molecule has 0 aromatic heterocycles. The average Bonchev–Trinajstić information content (AvgIpc) is 3.22. The van der Waals surface area contributed by atoms with Gasteiger partial charge in [0, 0.05) is 0 Å². The van der Waals surface area contributed by atoms with Crippen molar-refractivity contribution in [3.05, 3.63) is 0 Å². The maximum atomic E-state index is 12.2. The van der Waals surface area contributed by atoms with Crippen LogP contribution in [0.3, 0.4) is 0 Å². The summed E-state index contributed by atoms with van der Waals surface area (Å²) in [6.45, 7) is 8.44. The molecule has 3 rings (SSSR count). The summed E-state index contributed by atoms with van der Waals surface area (Å²) in [6, 6.07) is 0. The fourth-order valence-electron chi connectivity index (χ4n) is 3.70. The van der Waals surface area contributed by atoms with Crippen LogP contribution < -0.4 is 0 Å². The number of carbonyl (C=O) groups excluding carboxylic acids is 2. The molecule has 2 heterocycles. The fraction of sp³-hybridized carbons (Fsp3) is 0.895. The number of carbonyl (C=O) groups is 2. The Morgan fingerprint density at radius 2 is 1.96 bits per heavy atom. The molecule has 25 heavy (non-hydrogen) atoms. The van der Waals surface area contributed by atoms with E-state index >= 15 is 0 Å². The van der Waals surface area contributed by atoms with Gasteiger partial charge in [-0.1, -0.05) is 0 Å². The average molecular weight is 354 g/mol. The Labute approximate surface area is 149 Å². The Morgan fingerprint density at radius 3 is 2.60 bits per heavy atom. The molecule has 3 fully saturated rings. The van der Waals surface area contributed by atoms with E-state index in [1.165, 1.54) is 0 Å². The molecule has 6 nitrogen and oxygen atoms in total. The highest BCUT2D eigenvalue weighted by atomic mass is 16.6. The number of hydrogen-bond acceptors (Lipinski definition) is 6. The van der Waals surface area contributed by atoms with Crippen LogP contribution in [0.5, 0.6) is 0 Å². The first kappa shape index (κ1) is 18.6. The van der Waals surface area contributed by atoms with Crippen molar-refractivity contribution < 1.29 is 28.5 Å². The van der Waals surface area contributed by atoms with E-state index in [0.717, 1.165) is 32.1 Å². The second-order valence-corrected chi connectivity index (χ2v) is 8.58. The summed E-state index contributed by atoms with van der Waals surface area (Å²) in [5, 5.41) is 0. The molecule has 0 bridgehead atoms. The van der Waals surface area contributed by atoms with Crippen LogP contribution in [0.4, 0.5) is 0 Å². The van der Waals surface area contributed by atoms with Gasteiger partial charge in [0.2, 0.25) is 0 Å². The van der Waals surface area contributed by atoms with Crippen molar-refractivity contribution >= 4 is 11.9 Å². The van der Waals surface area contributed by atoms with Crippen molar-refractivity contribution in [2.45, 2.75) is 83.2 Å². The zero-order chi connectivity index (χ0) is 18.2. The van der Waals surface area contributed by atoms with Crippen molar-refractivity contribution in [2.75, 3.05) is 13.2 Å². The van der Waals surface area contributed by atoms with Crippen molar-refractivity contribution in [3.63, 3.8) is 0 Å². The third-order valence-electron chi connectivity index (χ3n) is 5.82. The molecule has 2 saturated heterocycles. The van der Waals surface area contributed by atoms with Gasteiger partial charge in [-0.2, -0.15) is 0 Å². The van der Waals surface area contributed by atoms with Crippen LogP contribution in [0.15, 0.2) is 0 Å². The van der Waals surface area contributed by atoms with E-state index in [1.54, 1.807) is 6.92 Å². The molecule has 0 radical (unpaired) electrons. The molecule has 3 aliphatic rings. The standard InChI is InChI=1S/C19H30O6/c1-12(24-17(21)14-6-7-18(2,3)23-11-14)16(20)22-10-13-5-8-19(4)15(9-13)25-19/h12-15H,5-11H2,1-4H3. The molecule has 0 amide bonds. The quantitative estimate of drug-likeness (QED) is 0.558. The third kappa shape index (κ3) is 4.53. The Balaban J connectivity index is 1.37. The summed E-state index contributed by atoms with van der Waals surface area (Å²) >= 11 is 0. The highest BCUT2D eigenvalue weighted by Crippen LogP contribution is 2.49. The van der Waals surface area contributed by atoms with Crippen molar-refractivity contribution in [2.24, 2.45) is 11.8 Å². The van der Waals surface area contributed by atoms with Crippen LogP contribution in [0, 0.1) is 11.8 Å². The lowest BCUT2D eigenvalue weighted by atomic mass is 9.83. The third-order valence-corrected chi connectivity index (χ3v) is 5.82. The van der Waals surface area contributed by atoms with E-state index < -0.39 is 12.1 Å². The van der Waals surface area contributed by atoms with Gasteiger partial charge in [-0.3, -0.25) is 4.79 Å². The molecule has 5 unspecified atom stereocenters. The van der Waals surface area contributed by atoms with E-state index in [0.29, 0.717) is 25.2 Å². The molecule has 0 N–H and O–H groups in total. The number of rotatable bonds is 5. The van der Waals surface area contributed by atoms with Gasteiger partial charge < -0.3 is 18.9 Å². The van der Waals surface area contributed by atoms with Gasteiger partial charge in [-0.05, 0) is 65.7 Å². The SMILES string of the molecule is CC(OC(=O)C1CCC(C)(C)OC1)C(=O)OCC1CCC2(C)OC2C1. The minimum Gasteiger partial charge on any atom is -0.463 e. The van der Waals surface area contributed by atoms with Gasteiger partial charge in [0.1, 0.15) is 0 Å². The molecule has 142 valence electrons. The van der Waals surface area contributed by atoms with E-state index in [9.17, 15) is 9.59 Å². The summed E-state index contributed by atoms with van der Waals surface area (Å²) < 4.78 is 22.0. The summed E-state index contributed by atoms with van der Waals surface area (Å²) in [6.07, 6.45) is 3.91. The van der Waals surface area contributed by atoms with Crippen LogP contribution in [0.25, 0.3) is 0 Å². The first-order valence-electron chi connectivity index (χ1n) is 9.37. The minimum absolute atomic E-state index is 0.0694. The van der Waals surface area contributed by atoms with Crippen molar-refractivity contribution in [1.82, 2.24) is 0 Å². The molecular formula is C19H30O6. The van der Waals surface area contributed by atoms with Crippen LogP contribution in [-0.4, -0.2) is 48.6 Å². The molecule has 1 aliphatic carbocycles. The molecule has 1 saturated carbocycles. The first-order chi connectivity index (χ1) is 11.7. The Hall–Kier alpha value is -1.14. The van der Waals surface area contributed by atoms with E-state index in [4.69, 9.17) is 18.9 Å². The van der Waals surface area contributed by atoms with Gasteiger partial charge in [0.05, 0.1) is 36.4 Å². The van der Waals surface area contributed by atoms with Gasteiger partial charge in [0.15, 0.2) is 6.10 Å². The summed E-state index contributed by atoms with van der Waals surface area (Å²) in [7, 11) is 0. The second-order valence-electron chi connectivity index (χ2n) is 8.58. The van der Waals surface area contributed by atoms with Gasteiger partial charge >= 0.3 is 11.9 Å². The van der Waals surface area contributed by atoms with Crippen LogP contribution in [-0.2, 0) is 28.5 Å². The second kappa shape index (κ2) is 6.88. The highest BCUT2D eigenvalue weighted by molar-refractivity contribution is 5.80. The monoisotopic (exact) mass is 354 g/mol. The lowest BCUT2D eigenvalue weighted by Crippen LogP contribution is -2.39. The summed E-state index contributed by atoms with van der Waals surface area (Å²) in [5.74, 6) is -0.817. The van der Waals surface area contributed by atoms with Gasteiger partial charge in [-0.15, -0.1) is 0 Å². The predicted octanol–water partition coefficient (Wildman–Crippen LogP) is 2.62. The van der Waals surface area contributed by atoms with E-state index in [1.807, 2.05) is 13.8 Å². The lowest BCUT2D eigenvalue weighted by Gasteiger charge is -2.33. The van der Waals surface area contributed by atoms with E-state index in [-0.39, 0.29) is 23.1 Å². The summed E-state index contributed by atoms with van der Waals surface area (Å²) in [5.41, 5.74) is -0.122. The number of fused-ring (bicyclic) bond motifs is 1. The zero-order valence-electron chi connectivity index (χ0n) is 15.7. The fourth-order valence-corrected chi connectivity index (χ4v) is 3.70. The lowest BCUT2D eigenvalue weighted by molar-refractivity contribution is -0.175. The van der Waals surface area contributed by atoms with Crippen molar-refractivity contribution in [1.29, 1.82) is 0 Å². The van der Waals surface area contributed by atoms with Crippen molar-refractivity contribution in [3.8, 4) is 0 Å². The smallest absolute Gasteiger partial charge is 0.347 e. The Kier molecular flexibility index (Phi) is 5.13. The topological polar surface area (TPSA) is 74.4 Å². The molecule has 2 aliphatic heterocycles. The molecule has 0 aromatic rings.